The van der Waals surface area contributed by atoms with Crippen LogP contribution in [-0.4, -0.2) is 64.0 Å². The minimum absolute atomic E-state index is 0.0192. The number of nitrogens with one attached hydrogen (secondary N) is 1. The quantitative estimate of drug-likeness (QED) is 0.0992. The molecule has 1 aliphatic heterocycles. The van der Waals surface area contributed by atoms with Crippen LogP contribution in [0.2, 0.25) is 10.0 Å². The van der Waals surface area contributed by atoms with Crippen LogP contribution in [0.15, 0.2) is 67.0 Å². The second-order valence-corrected chi connectivity index (χ2v) is 14.1. The third-order valence-corrected chi connectivity index (χ3v) is 10.0. The van der Waals surface area contributed by atoms with Crippen LogP contribution in [0.4, 0.5) is 0 Å². The summed E-state index contributed by atoms with van der Waals surface area (Å²) < 4.78 is 18.7. The lowest BCUT2D eigenvalue weighted by atomic mass is 9.96. The van der Waals surface area contributed by atoms with Crippen LogP contribution >= 0.6 is 23.2 Å². The zero-order valence-electron chi connectivity index (χ0n) is 29.6. The second-order valence-electron chi connectivity index (χ2n) is 13.3. The zero-order valence-corrected chi connectivity index (χ0v) is 31.1. The molecule has 4 aromatic rings. The first kappa shape index (κ1) is 38.9. The molecule has 0 unspecified atom stereocenters. The third kappa shape index (κ3) is 9.73. The van der Waals surface area contributed by atoms with Gasteiger partial charge in [-0.1, -0.05) is 53.5 Å². The van der Waals surface area contributed by atoms with Crippen LogP contribution in [0, 0.1) is 18.3 Å². The van der Waals surface area contributed by atoms with Gasteiger partial charge in [0.05, 0.1) is 28.3 Å². The van der Waals surface area contributed by atoms with Gasteiger partial charge < -0.3 is 29.3 Å². The summed E-state index contributed by atoms with van der Waals surface area (Å²) in [5.74, 6) is 0.182. The fraction of sp³-hybridized carbons (Fsp3) is 0.375. The number of nitrogens with zero attached hydrogens (tertiary/aromatic N) is 3. The second kappa shape index (κ2) is 17.9. The van der Waals surface area contributed by atoms with E-state index in [1.54, 1.807) is 24.4 Å². The summed E-state index contributed by atoms with van der Waals surface area (Å²) in [7, 11) is 0. The van der Waals surface area contributed by atoms with Gasteiger partial charge in [-0.2, -0.15) is 5.26 Å². The van der Waals surface area contributed by atoms with Crippen LogP contribution in [-0.2, 0) is 24.6 Å². The first-order chi connectivity index (χ1) is 25.0. The molecule has 5 rings (SSSR count). The van der Waals surface area contributed by atoms with Gasteiger partial charge in [-0.3, -0.25) is 15.1 Å². The van der Waals surface area contributed by atoms with Crippen molar-refractivity contribution in [3.63, 3.8) is 0 Å². The number of likely N-dealkylation sites (tertiary alicyclic amines) is 1. The summed E-state index contributed by atoms with van der Waals surface area (Å²) in [5.41, 5.74) is 3.73. The van der Waals surface area contributed by atoms with Crippen molar-refractivity contribution in [3.8, 4) is 34.4 Å². The molecule has 274 valence electrons. The number of aliphatic hydroxyl groups is 1. The maximum Gasteiger partial charge on any atom is 0.326 e. The molecule has 3 N–H and O–H groups in total. The van der Waals surface area contributed by atoms with E-state index < -0.39 is 18.1 Å². The number of carbonyl (C=O) groups is 1. The maximum atomic E-state index is 11.8. The first-order valence-electron chi connectivity index (χ1n) is 17.3. The largest absolute Gasteiger partial charge is 0.489 e. The smallest absolute Gasteiger partial charge is 0.326 e. The fourth-order valence-electron chi connectivity index (χ4n) is 5.98. The molecule has 2 atom stereocenters. The topological polar surface area (TPSA) is 137 Å². The normalized spacial score (nSPS) is 14.7. The highest BCUT2D eigenvalue weighted by molar-refractivity contribution is 6.35. The van der Waals surface area contributed by atoms with E-state index in [-0.39, 0.29) is 25.9 Å². The third-order valence-electron chi connectivity index (χ3n) is 9.35. The highest BCUT2D eigenvalue weighted by atomic mass is 35.5. The van der Waals surface area contributed by atoms with E-state index in [2.05, 4.69) is 28.2 Å². The highest BCUT2D eigenvalue weighted by Gasteiger charge is 2.32. The van der Waals surface area contributed by atoms with E-state index in [1.165, 1.54) is 26.0 Å². The SMILES string of the molecule is Cc1c(COc2cc(OCc3cncc(C#N)c3)c(CN[C@@](C)(CO)C(=O)O)cc2Cl)cccc1-c1cccc(O[C@H](C)CCN2CCCC2)c1Cl. The molecule has 0 amide bonds. The maximum absolute atomic E-state index is 11.8. The lowest BCUT2D eigenvalue weighted by Gasteiger charge is -2.25. The molecule has 1 aromatic heterocycles. The molecule has 0 aliphatic carbocycles. The molecular formula is C40H44Cl2N4O6. The van der Waals surface area contributed by atoms with Crippen molar-refractivity contribution in [3.05, 3.63) is 105 Å². The van der Waals surface area contributed by atoms with Crippen LogP contribution in [0.5, 0.6) is 17.2 Å². The number of rotatable bonds is 17. The first-order valence-corrected chi connectivity index (χ1v) is 18.0. The van der Waals surface area contributed by atoms with E-state index in [0.717, 1.165) is 48.3 Å². The van der Waals surface area contributed by atoms with Crippen molar-refractivity contribution in [2.24, 2.45) is 0 Å². The average Bonchev–Trinajstić information content (AvgIpc) is 3.67. The molecular weight excluding hydrogens is 703 g/mol. The molecule has 3 aromatic carbocycles. The number of nitriles is 1. The number of halogens is 2. The summed E-state index contributed by atoms with van der Waals surface area (Å²) in [4.78, 5) is 18.4. The van der Waals surface area contributed by atoms with Crippen molar-refractivity contribution in [2.45, 2.75) is 71.4 Å². The molecule has 1 fully saturated rings. The van der Waals surface area contributed by atoms with Gasteiger partial charge in [-0.15, -0.1) is 0 Å². The molecule has 1 saturated heterocycles. The molecule has 0 radical (unpaired) electrons. The highest BCUT2D eigenvalue weighted by Crippen LogP contribution is 2.39. The molecule has 52 heavy (non-hydrogen) atoms. The van der Waals surface area contributed by atoms with Gasteiger partial charge in [0.2, 0.25) is 0 Å². The van der Waals surface area contributed by atoms with Gasteiger partial charge in [0.1, 0.15) is 42.1 Å². The molecule has 12 heteroatoms. The van der Waals surface area contributed by atoms with Crippen LogP contribution < -0.4 is 19.5 Å². The standard InChI is InChI=1S/C40H44Cl2N4O6/c1-26(12-15-46-13-4-5-14-46)52-35-11-7-10-33(38(35)42)32-9-6-8-30(27(32)2)24-51-37-18-36(50-23-29-16-28(19-43)20-44-21-29)31(17-34(37)41)22-45-40(3,25-47)39(48)49/h6-11,16-18,20-21,26,45,47H,4-5,12-15,22-25H2,1-3H3,(H,48,49)/t26-,40+/m1/s1. The predicted octanol–water partition coefficient (Wildman–Crippen LogP) is 7.57. The van der Waals surface area contributed by atoms with Crippen molar-refractivity contribution < 1.29 is 29.2 Å². The number of aromatic nitrogens is 1. The van der Waals surface area contributed by atoms with Crippen LogP contribution in [0.3, 0.4) is 0 Å². The predicted molar refractivity (Wildman–Crippen MR) is 201 cm³/mol. The zero-order chi connectivity index (χ0) is 37.3. The Morgan fingerprint density at radius 3 is 2.48 bits per heavy atom. The Hall–Kier alpha value is -4.37. The Bertz CT molecular complexity index is 1910. The molecule has 2 heterocycles. The Labute approximate surface area is 314 Å². The summed E-state index contributed by atoms with van der Waals surface area (Å²) in [6.45, 7) is 8.48. The van der Waals surface area contributed by atoms with Gasteiger partial charge in [0, 0.05) is 48.2 Å². The minimum Gasteiger partial charge on any atom is -0.489 e. The van der Waals surface area contributed by atoms with Crippen LogP contribution in [0.25, 0.3) is 11.1 Å². The Kier molecular flexibility index (Phi) is 13.4. The van der Waals surface area contributed by atoms with E-state index >= 15 is 0 Å². The minimum atomic E-state index is -1.59. The Morgan fingerprint density at radius 2 is 1.75 bits per heavy atom. The number of ether oxygens (including phenoxy) is 3. The van der Waals surface area contributed by atoms with Gasteiger partial charge >= 0.3 is 5.97 Å². The average molecular weight is 748 g/mol. The van der Waals surface area contributed by atoms with E-state index in [9.17, 15) is 20.3 Å². The monoisotopic (exact) mass is 746 g/mol. The Balaban J connectivity index is 1.34. The van der Waals surface area contributed by atoms with Gasteiger partial charge in [-0.25, -0.2) is 0 Å². The fourth-order valence-corrected chi connectivity index (χ4v) is 6.49. The molecule has 0 spiro atoms. The lowest BCUT2D eigenvalue weighted by Crippen LogP contribution is -2.52. The number of hydrogen-bond donors (Lipinski definition) is 3. The number of hydrogen-bond acceptors (Lipinski definition) is 9. The molecule has 0 saturated carbocycles. The van der Waals surface area contributed by atoms with Gasteiger partial charge in [-0.05, 0) is 88.0 Å². The number of aliphatic carboxylic acids is 1. The number of carboxylic acids is 1. The molecule has 1 aliphatic rings. The van der Waals surface area contributed by atoms with Crippen molar-refractivity contribution in [2.75, 3.05) is 26.2 Å². The van der Waals surface area contributed by atoms with E-state index in [4.69, 9.17) is 37.4 Å². The van der Waals surface area contributed by atoms with E-state index in [0.29, 0.717) is 44.0 Å². The number of benzene rings is 3. The summed E-state index contributed by atoms with van der Waals surface area (Å²) in [6, 6.07) is 18.8. The number of pyridine rings is 1. The summed E-state index contributed by atoms with van der Waals surface area (Å²) in [6.07, 6.45) is 6.53. The number of carboxylic acid groups (broad SMARTS) is 1. The van der Waals surface area contributed by atoms with E-state index in [1.807, 2.05) is 43.3 Å². The van der Waals surface area contributed by atoms with Gasteiger partial charge in [0.25, 0.3) is 0 Å². The summed E-state index contributed by atoms with van der Waals surface area (Å²) >= 11 is 13.7. The Morgan fingerprint density at radius 1 is 1.02 bits per heavy atom. The number of aliphatic hydroxyl groups excluding tert-OH is 1. The molecule has 10 nitrogen and oxygen atoms in total. The van der Waals surface area contributed by atoms with Crippen molar-refractivity contribution >= 4 is 29.2 Å². The lowest BCUT2D eigenvalue weighted by molar-refractivity contribution is -0.145. The van der Waals surface area contributed by atoms with Crippen LogP contribution in [0.1, 0.15) is 60.9 Å². The summed E-state index contributed by atoms with van der Waals surface area (Å²) in [5, 5.41) is 32.4. The van der Waals surface area contributed by atoms with Crippen molar-refractivity contribution in [1.82, 2.24) is 15.2 Å². The van der Waals surface area contributed by atoms with Gasteiger partial charge in [0.15, 0.2) is 0 Å². The van der Waals surface area contributed by atoms with Crippen molar-refractivity contribution in [1.29, 1.82) is 5.26 Å². The molecule has 0 bridgehead atoms.